The van der Waals surface area contributed by atoms with E-state index >= 15 is 0 Å². The highest BCUT2D eigenvalue weighted by molar-refractivity contribution is 5.76. The van der Waals surface area contributed by atoms with Crippen molar-refractivity contribution in [1.29, 1.82) is 0 Å². The molecule has 1 aliphatic carbocycles. The largest absolute Gasteiger partial charge is 0.440 e. The van der Waals surface area contributed by atoms with Crippen molar-refractivity contribution < 1.29 is 9.53 Å². The van der Waals surface area contributed by atoms with Crippen LogP contribution in [0.3, 0.4) is 0 Å². The van der Waals surface area contributed by atoms with Crippen LogP contribution in [0.2, 0.25) is 0 Å². The SMILES string of the molecule is CN1C[C@@]2(CCCN(Cc3ccc4c(c3)Cc3ccccc3-4)C2)OC1=O. The first-order valence-corrected chi connectivity index (χ1v) is 9.48. The second kappa shape index (κ2) is 5.85. The summed E-state index contributed by atoms with van der Waals surface area (Å²) >= 11 is 0. The predicted octanol–water partition coefficient (Wildman–Crippen LogP) is 3.67. The van der Waals surface area contributed by atoms with E-state index in [2.05, 4.69) is 47.4 Å². The number of carbonyl (C=O) groups excluding carboxylic acids is 1. The average molecular weight is 348 g/mol. The number of benzene rings is 2. The topological polar surface area (TPSA) is 32.8 Å². The lowest BCUT2D eigenvalue weighted by molar-refractivity contribution is -0.0113. The normalized spacial score (nSPS) is 24.7. The molecule has 2 heterocycles. The molecule has 0 aromatic heterocycles. The van der Waals surface area contributed by atoms with Crippen molar-refractivity contribution in [1.82, 2.24) is 9.80 Å². The van der Waals surface area contributed by atoms with Gasteiger partial charge < -0.3 is 9.64 Å². The van der Waals surface area contributed by atoms with Crippen LogP contribution in [0.5, 0.6) is 0 Å². The number of fused-ring (bicyclic) bond motifs is 3. The van der Waals surface area contributed by atoms with Crippen molar-refractivity contribution in [2.45, 2.75) is 31.4 Å². The fraction of sp³-hybridized carbons (Fsp3) is 0.409. The smallest absolute Gasteiger partial charge is 0.410 e. The molecule has 2 aromatic rings. The molecule has 134 valence electrons. The van der Waals surface area contributed by atoms with Crippen molar-refractivity contribution >= 4 is 6.09 Å². The zero-order chi connectivity index (χ0) is 17.7. The van der Waals surface area contributed by atoms with Crippen molar-refractivity contribution in [3.05, 3.63) is 59.2 Å². The van der Waals surface area contributed by atoms with E-state index in [0.29, 0.717) is 6.54 Å². The van der Waals surface area contributed by atoms with Crippen LogP contribution in [-0.4, -0.2) is 48.2 Å². The Bertz CT molecular complexity index is 878. The second-order valence-electron chi connectivity index (χ2n) is 8.05. The molecule has 0 unspecified atom stereocenters. The van der Waals surface area contributed by atoms with Gasteiger partial charge in [0.15, 0.2) is 0 Å². The van der Waals surface area contributed by atoms with E-state index in [9.17, 15) is 4.79 Å². The molecule has 3 aliphatic rings. The van der Waals surface area contributed by atoms with Crippen LogP contribution in [0.4, 0.5) is 4.79 Å². The number of rotatable bonds is 2. The zero-order valence-corrected chi connectivity index (χ0v) is 15.2. The second-order valence-corrected chi connectivity index (χ2v) is 8.05. The number of likely N-dealkylation sites (tertiary alicyclic amines) is 1. The molecule has 1 spiro atoms. The minimum absolute atomic E-state index is 0.179. The highest BCUT2D eigenvalue weighted by atomic mass is 16.6. The number of nitrogens with zero attached hydrogens (tertiary/aromatic N) is 2. The van der Waals surface area contributed by atoms with Gasteiger partial charge in [0.1, 0.15) is 5.60 Å². The minimum Gasteiger partial charge on any atom is -0.440 e. The first-order valence-electron chi connectivity index (χ1n) is 9.48. The Morgan fingerprint density at radius 2 is 1.92 bits per heavy atom. The van der Waals surface area contributed by atoms with Crippen LogP contribution >= 0.6 is 0 Å². The van der Waals surface area contributed by atoms with Gasteiger partial charge in [0, 0.05) is 20.1 Å². The van der Waals surface area contributed by atoms with Gasteiger partial charge in [-0.2, -0.15) is 0 Å². The van der Waals surface area contributed by atoms with Crippen LogP contribution in [0.15, 0.2) is 42.5 Å². The molecule has 0 radical (unpaired) electrons. The van der Waals surface area contributed by atoms with E-state index in [0.717, 1.165) is 38.9 Å². The Labute approximate surface area is 154 Å². The first kappa shape index (κ1) is 15.9. The maximum atomic E-state index is 11.8. The fourth-order valence-corrected chi connectivity index (χ4v) is 4.88. The molecular weight excluding hydrogens is 324 g/mol. The summed E-state index contributed by atoms with van der Waals surface area (Å²) < 4.78 is 5.73. The van der Waals surface area contributed by atoms with Crippen LogP contribution in [0.25, 0.3) is 11.1 Å². The Balaban J connectivity index is 1.33. The molecule has 4 heteroatoms. The fourth-order valence-electron chi connectivity index (χ4n) is 4.88. The maximum absolute atomic E-state index is 11.8. The third kappa shape index (κ3) is 2.60. The summed E-state index contributed by atoms with van der Waals surface area (Å²) in [6.45, 7) is 3.54. The molecule has 4 nitrogen and oxygen atoms in total. The van der Waals surface area contributed by atoms with Gasteiger partial charge in [-0.25, -0.2) is 4.79 Å². The van der Waals surface area contributed by atoms with Crippen LogP contribution in [0.1, 0.15) is 29.5 Å². The summed E-state index contributed by atoms with van der Waals surface area (Å²) in [6.07, 6.45) is 2.91. The molecular formula is C22H24N2O2. The molecule has 26 heavy (non-hydrogen) atoms. The van der Waals surface area contributed by atoms with Gasteiger partial charge in [-0.05, 0) is 53.6 Å². The summed E-state index contributed by atoms with van der Waals surface area (Å²) in [6, 6.07) is 15.6. The number of hydrogen-bond donors (Lipinski definition) is 0. The molecule has 0 saturated carbocycles. The van der Waals surface area contributed by atoms with Gasteiger partial charge in [0.2, 0.25) is 0 Å². The lowest BCUT2D eigenvalue weighted by Gasteiger charge is -2.38. The van der Waals surface area contributed by atoms with Crippen molar-refractivity contribution in [3.8, 4) is 11.1 Å². The summed E-state index contributed by atoms with van der Waals surface area (Å²) in [5.74, 6) is 0. The van der Waals surface area contributed by atoms with Crippen LogP contribution in [0, 0.1) is 0 Å². The zero-order valence-electron chi connectivity index (χ0n) is 15.2. The molecule has 2 saturated heterocycles. The van der Waals surface area contributed by atoms with Crippen LogP contribution in [-0.2, 0) is 17.7 Å². The monoisotopic (exact) mass is 348 g/mol. The molecule has 2 aliphatic heterocycles. The minimum atomic E-state index is -0.308. The van der Waals surface area contributed by atoms with E-state index in [1.807, 2.05) is 7.05 Å². The van der Waals surface area contributed by atoms with Gasteiger partial charge in [-0.3, -0.25) is 4.90 Å². The Kier molecular flexibility index (Phi) is 3.57. The Morgan fingerprint density at radius 3 is 2.77 bits per heavy atom. The predicted molar refractivity (Wildman–Crippen MR) is 101 cm³/mol. The lowest BCUT2D eigenvalue weighted by Crippen LogP contribution is -2.50. The standard InChI is InChI=1S/C22H24N2O2/c1-23-14-22(26-21(23)25)9-4-10-24(15-22)13-16-7-8-20-18(11-16)12-17-5-2-3-6-19(17)20/h2-3,5-8,11H,4,9-10,12-15H2,1H3/t22-/m1/s1. The molecule has 1 amide bonds. The van der Waals surface area contributed by atoms with E-state index in [-0.39, 0.29) is 11.7 Å². The van der Waals surface area contributed by atoms with Gasteiger partial charge in [-0.15, -0.1) is 0 Å². The average Bonchev–Trinajstić information content (AvgIpc) is 3.11. The molecule has 1 atom stereocenters. The van der Waals surface area contributed by atoms with Crippen LogP contribution < -0.4 is 0 Å². The van der Waals surface area contributed by atoms with Gasteiger partial charge >= 0.3 is 6.09 Å². The number of carbonyl (C=O) groups is 1. The van der Waals surface area contributed by atoms with Gasteiger partial charge in [-0.1, -0.05) is 42.5 Å². The molecule has 0 N–H and O–H groups in total. The molecule has 5 rings (SSSR count). The first-order chi connectivity index (χ1) is 12.6. The highest BCUT2D eigenvalue weighted by Gasteiger charge is 2.46. The summed E-state index contributed by atoms with van der Waals surface area (Å²) in [7, 11) is 1.83. The van der Waals surface area contributed by atoms with E-state index < -0.39 is 0 Å². The van der Waals surface area contributed by atoms with Gasteiger partial charge in [0.25, 0.3) is 0 Å². The van der Waals surface area contributed by atoms with Crippen molar-refractivity contribution in [2.24, 2.45) is 0 Å². The quantitative estimate of drug-likeness (QED) is 0.708. The molecule has 0 bridgehead atoms. The third-order valence-electron chi connectivity index (χ3n) is 6.02. The lowest BCUT2D eigenvalue weighted by atomic mass is 9.92. The van der Waals surface area contributed by atoms with E-state index in [1.165, 1.54) is 27.8 Å². The summed E-state index contributed by atoms with van der Waals surface area (Å²) in [5, 5.41) is 0. The number of hydrogen-bond acceptors (Lipinski definition) is 3. The van der Waals surface area contributed by atoms with E-state index in [4.69, 9.17) is 4.74 Å². The summed E-state index contributed by atoms with van der Waals surface area (Å²) in [4.78, 5) is 16.0. The number of ether oxygens (including phenoxy) is 1. The number of likely N-dealkylation sites (N-methyl/N-ethyl adjacent to an activating group) is 1. The maximum Gasteiger partial charge on any atom is 0.410 e. The van der Waals surface area contributed by atoms with Crippen molar-refractivity contribution in [2.75, 3.05) is 26.7 Å². The number of amides is 1. The Morgan fingerprint density at radius 1 is 1.08 bits per heavy atom. The molecule has 2 fully saturated rings. The Hall–Kier alpha value is -2.33. The number of piperidine rings is 1. The van der Waals surface area contributed by atoms with E-state index in [1.54, 1.807) is 4.90 Å². The third-order valence-corrected chi connectivity index (χ3v) is 6.02. The highest BCUT2D eigenvalue weighted by Crippen LogP contribution is 2.37. The van der Waals surface area contributed by atoms with Crippen molar-refractivity contribution in [3.63, 3.8) is 0 Å². The van der Waals surface area contributed by atoms with Gasteiger partial charge in [0.05, 0.1) is 6.54 Å². The summed E-state index contributed by atoms with van der Waals surface area (Å²) in [5.41, 5.74) is 6.67. The molecule has 2 aromatic carbocycles.